The molecule has 0 atom stereocenters. The normalized spacial score (nSPS) is 14.0. The van der Waals surface area contributed by atoms with Crippen LogP contribution in [0.4, 0.5) is 5.82 Å². The van der Waals surface area contributed by atoms with Crippen molar-refractivity contribution in [2.75, 3.05) is 24.5 Å². The van der Waals surface area contributed by atoms with Crippen molar-refractivity contribution in [1.82, 2.24) is 15.3 Å². The Hall–Kier alpha value is -2.89. The van der Waals surface area contributed by atoms with Crippen molar-refractivity contribution in [3.05, 3.63) is 52.5 Å². The molecule has 1 aliphatic rings. The quantitative estimate of drug-likeness (QED) is 0.733. The number of amides is 1. The van der Waals surface area contributed by atoms with Crippen LogP contribution in [-0.2, 0) is 6.42 Å². The van der Waals surface area contributed by atoms with E-state index in [1.54, 1.807) is 0 Å². The van der Waals surface area contributed by atoms with Gasteiger partial charge < -0.3 is 14.6 Å². The van der Waals surface area contributed by atoms with Gasteiger partial charge in [-0.3, -0.25) is 4.79 Å². The molecular weight excluding hydrogens is 352 g/mol. The number of aromatic nitrogens is 2. The molecule has 0 aliphatic carbocycles. The summed E-state index contributed by atoms with van der Waals surface area (Å²) in [5.41, 5.74) is 3.49. The zero-order valence-electron chi connectivity index (χ0n) is 16.7. The van der Waals surface area contributed by atoms with Crippen molar-refractivity contribution in [3.63, 3.8) is 0 Å². The van der Waals surface area contributed by atoms with Gasteiger partial charge in [0.15, 0.2) is 0 Å². The number of aryl methyl sites for hydroxylation is 3. The Labute approximate surface area is 165 Å². The van der Waals surface area contributed by atoms with Crippen molar-refractivity contribution in [1.29, 1.82) is 0 Å². The van der Waals surface area contributed by atoms with Crippen molar-refractivity contribution in [2.24, 2.45) is 0 Å². The number of rotatable bonds is 5. The van der Waals surface area contributed by atoms with Gasteiger partial charge in [-0.15, -0.1) is 0 Å². The first-order chi connectivity index (χ1) is 13.5. The van der Waals surface area contributed by atoms with Crippen LogP contribution in [0.3, 0.4) is 0 Å². The SMILES string of the molecule is Cc1ccc(CCNC(=O)c2c(C)oc3nc(C)nc(N4CCCC4)c23)cc1. The van der Waals surface area contributed by atoms with Crippen LogP contribution >= 0.6 is 0 Å². The van der Waals surface area contributed by atoms with Crippen LogP contribution in [0.5, 0.6) is 0 Å². The summed E-state index contributed by atoms with van der Waals surface area (Å²) in [5.74, 6) is 1.94. The Bertz CT molecular complexity index is 1000. The van der Waals surface area contributed by atoms with Crippen molar-refractivity contribution >= 4 is 22.8 Å². The van der Waals surface area contributed by atoms with Crippen LogP contribution in [0.25, 0.3) is 11.1 Å². The third-order valence-electron chi connectivity index (χ3n) is 5.27. The first kappa shape index (κ1) is 18.5. The molecule has 6 nitrogen and oxygen atoms in total. The Balaban J connectivity index is 1.59. The lowest BCUT2D eigenvalue weighted by Gasteiger charge is -2.18. The average Bonchev–Trinajstić information content (AvgIpc) is 3.30. The summed E-state index contributed by atoms with van der Waals surface area (Å²) in [5, 5.41) is 3.77. The lowest BCUT2D eigenvalue weighted by atomic mass is 10.1. The second kappa shape index (κ2) is 7.62. The lowest BCUT2D eigenvalue weighted by molar-refractivity contribution is 0.0954. The van der Waals surface area contributed by atoms with Gasteiger partial charge in [0, 0.05) is 19.6 Å². The molecule has 1 saturated heterocycles. The topological polar surface area (TPSA) is 71.3 Å². The minimum absolute atomic E-state index is 0.128. The minimum atomic E-state index is -0.128. The van der Waals surface area contributed by atoms with Gasteiger partial charge in [-0.2, -0.15) is 4.98 Å². The van der Waals surface area contributed by atoms with E-state index >= 15 is 0 Å². The molecule has 0 spiro atoms. The standard InChI is InChI=1S/C22H26N4O2/c1-14-6-8-17(9-7-14)10-11-23-21(27)18-15(2)28-22-19(18)20(24-16(3)25-22)26-12-4-5-13-26/h6-9H,4-5,10-13H2,1-3H3,(H,23,27). The third-order valence-corrected chi connectivity index (χ3v) is 5.27. The summed E-state index contributed by atoms with van der Waals surface area (Å²) in [6.45, 7) is 8.21. The maximum absolute atomic E-state index is 13.0. The number of nitrogens with zero attached hydrogens (tertiary/aromatic N) is 3. The van der Waals surface area contributed by atoms with Crippen LogP contribution in [0.15, 0.2) is 28.7 Å². The highest BCUT2D eigenvalue weighted by atomic mass is 16.3. The highest BCUT2D eigenvalue weighted by molar-refractivity contribution is 6.10. The number of benzene rings is 1. The molecule has 1 aromatic carbocycles. The molecule has 0 bridgehead atoms. The number of fused-ring (bicyclic) bond motifs is 1. The number of anilines is 1. The van der Waals surface area contributed by atoms with Crippen LogP contribution in [0.2, 0.25) is 0 Å². The summed E-state index contributed by atoms with van der Waals surface area (Å²) in [4.78, 5) is 24.3. The van der Waals surface area contributed by atoms with Crippen LogP contribution in [0.1, 0.15) is 45.9 Å². The van der Waals surface area contributed by atoms with Crippen molar-refractivity contribution in [3.8, 4) is 0 Å². The summed E-state index contributed by atoms with van der Waals surface area (Å²) in [6.07, 6.45) is 3.06. The van der Waals surface area contributed by atoms with E-state index in [0.717, 1.165) is 43.6 Å². The zero-order valence-corrected chi connectivity index (χ0v) is 16.7. The molecule has 3 heterocycles. The van der Waals surface area contributed by atoms with Gasteiger partial charge in [0.2, 0.25) is 5.71 Å². The van der Waals surface area contributed by atoms with Gasteiger partial charge in [-0.25, -0.2) is 4.98 Å². The van der Waals surface area contributed by atoms with E-state index in [0.29, 0.717) is 29.4 Å². The second-order valence-electron chi connectivity index (χ2n) is 7.49. The molecule has 146 valence electrons. The number of furan rings is 1. The maximum atomic E-state index is 13.0. The molecule has 0 unspecified atom stereocenters. The molecule has 4 rings (SSSR count). The molecule has 1 fully saturated rings. The van der Waals surface area contributed by atoms with Gasteiger partial charge in [-0.1, -0.05) is 29.8 Å². The first-order valence-corrected chi connectivity index (χ1v) is 9.89. The zero-order chi connectivity index (χ0) is 19.7. The van der Waals surface area contributed by atoms with Gasteiger partial charge in [-0.05, 0) is 45.6 Å². The molecule has 28 heavy (non-hydrogen) atoms. The van der Waals surface area contributed by atoms with E-state index in [-0.39, 0.29) is 5.91 Å². The number of carbonyl (C=O) groups is 1. The largest absolute Gasteiger partial charge is 0.442 e. The predicted octanol–water partition coefficient (Wildman–Crippen LogP) is 3.72. The molecule has 6 heteroatoms. The maximum Gasteiger partial charge on any atom is 0.255 e. The molecule has 1 aliphatic heterocycles. The summed E-state index contributed by atoms with van der Waals surface area (Å²) >= 11 is 0. The van der Waals surface area contributed by atoms with E-state index in [9.17, 15) is 4.79 Å². The molecule has 0 saturated carbocycles. The van der Waals surface area contributed by atoms with E-state index < -0.39 is 0 Å². The number of hydrogen-bond donors (Lipinski definition) is 1. The Morgan fingerprint density at radius 1 is 1.11 bits per heavy atom. The summed E-state index contributed by atoms with van der Waals surface area (Å²) in [7, 11) is 0. The third kappa shape index (κ3) is 3.59. The van der Waals surface area contributed by atoms with Gasteiger partial charge in [0.05, 0.1) is 10.9 Å². The van der Waals surface area contributed by atoms with Crippen molar-refractivity contribution in [2.45, 2.75) is 40.0 Å². The fourth-order valence-corrected chi connectivity index (χ4v) is 3.79. The van der Waals surface area contributed by atoms with Crippen LogP contribution < -0.4 is 10.2 Å². The van der Waals surface area contributed by atoms with Crippen LogP contribution in [-0.4, -0.2) is 35.5 Å². The Kier molecular flexibility index (Phi) is 5.03. The summed E-state index contributed by atoms with van der Waals surface area (Å²) in [6, 6.07) is 8.38. The first-order valence-electron chi connectivity index (χ1n) is 9.89. The van der Waals surface area contributed by atoms with E-state index in [4.69, 9.17) is 4.42 Å². The van der Waals surface area contributed by atoms with E-state index in [2.05, 4.69) is 51.4 Å². The predicted molar refractivity (Wildman–Crippen MR) is 110 cm³/mol. The molecule has 2 aromatic heterocycles. The smallest absolute Gasteiger partial charge is 0.255 e. The van der Waals surface area contributed by atoms with Gasteiger partial charge in [0.1, 0.15) is 17.4 Å². The molecule has 1 amide bonds. The van der Waals surface area contributed by atoms with Gasteiger partial charge in [0.25, 0.3) is 5.91 Å². The minimum Gasteiger partial charge on any atom is -0.442 e. The van der Waals surface area contributed by atoms with E-state index in [1.807, 2.05) is 13.8 Å². The molecule has 1 N–H and O–H groups in total. The fourth-order valence-electron chi connectivity index (χ4n) is 3.79. The molecule has 3 aromatic rings. The fraction of sp³-hybridized carbons (Fsp3) is 0.409. The van der Waals surface area contributed by atoms with Crippen LogP contribution in [0, 0.1) is 20.8 Å². The highest BCUT2D eigenvalue weighted by Crippen LogP contribution is 2.33. The average molecular weight is 378 g/mol. The number of hydrogen-bond acceptors (Lipinski definition) is 5. The number of carbonyl (C=O) groups excluding carboxylic acids is 1. The number of nitrogens with one attached hydrogen (secondary N) is 1. The van der Waals surface area contributed by atoms with Crippen molar-refractivity contribution < 1.29 is 9.21 Å². The van der Waals surface area contributed by atoms with E-state index in [1.165, 1.54) is 11.1 Å². The molecule has 0 radical (unpaired) electrons. The van der Waals surface area contributed by atoms with Gasteiger partial charge >= 0.3 is 0 Å². The Morgan fingerprint density at radius 3 is 2.54 bits per heavy atom. The second-order valence-corrected chi connectivity index (χ2v) is 7.49. The summed E-state index contributed by atoms with van der Waals surface area (Å²) < 4.78 is 5.84. The lowest BCUT2D eigenvalue weighted by Crippen LogP contribution is -2.27. The molecular formula is C22H26N4O2. The monoisotopic (exact) mass is 378 g/mol. The Morgan fingerprint density at radius 2 is 1.82 bits per heavy atom. The highest BCUT2D eigenvalue weighted by Gasteiger charge is 2.26.